The Hall–Kier alpha value is -1.27. The molecule has 0 aromatic rings. The molecule has 222 valence electrons. The second-order valence-corrected chi connectivity index (χ2v) is 9.56. The van der Waals surface area contributed by atoms with Crippen molar-refractivity contribution in [1.29, 1.82) is 0 Å². The summed E-state index contributed by atoms with van der Waals surface area (Å²) >= 11 is 0. The molecule has 0 radical (unpaired) electrons. The van der Waals surface area contributed by atoms with E-state index in [0.29, 0.717) is 0 Å². The molecule has 2 aliphatic heterocycles. The smallest absolute Gasteiger partial charge is 0.217 e. The van der Waals surface area contributed by atoms with E-state index in [1.807, 2.05) is 0 Å². The molecular weight excluding hydrogens is 510 g/mol. The Balaban J connectivity index is 2.03. The molecule has 0 bridgehead atoms. The van der Waals surface area contributed by atoms with Crippen LogP contribution in [0.5, 0.6) is 0 Å². The Labute approximate surface area is 221 Å². The van der Waals surface area contributed by atoms with Crippen LogP contribution in [-0.4, -0.2) is 140 Å². The highest BCUT2D eigenvalue weighted by Gasteiger charge is 2.50. The predicted octanol–water partition coefficient (Wildman–Crippen LogP) is -3.37. The zero-order valence-electron chi connectivity index (χ0n) is 21.7. The van der Waals surface area contributed by atoms with Gasteiger partial charge in [-0.05, 0) is 12.8 Å². The first-order valence-corrected chi connectivity index (χ1v) is 12.9. The van der Waals surface area contributed by atoms with Crippen LogP contribution in [0.25, 0.3) is 0 Å². The van der Waals surface area contributed by atoms with E-state index in [0.717, 1.165) is 25.7 Å². The van der Waals surface area contributed by atoms with Crippen molar-refractivity contribution in [3.63, 3.8) is 0 Å². The van der Waals surface area contributed by atoms with Crippen molar-refractivity contribution in [2.24, 2.45) is 0 Å². The molecule has 2 fully saturated rings. The number of nitrogens with one attached hydrogen (secondary N) is 1. The number of ether oxygens (including phenoxy) is 4. The molecule has 12 unspecified atom stereocenters. The summed E-state index contributed by atoms with van der Waals surface area (Å²) in [4.78, 5) is 11.6. The Bertz CT molecular complexity index is 723. The number of allylic oxidation sites excluding steroid dienone is 1. The first-order valence-electron chi connectivity index (χ1n) is 12.9. The molecule has 14 nitrogen and oxygen atoms in total. The van der Waals surface area contributed by atoms with Gasteiger partial charge in [-0.2, -0.15) is 0 Å². The summed E-state index contributed by atoms with van der Waals surface area (Å²) in [5.41, 5.74) is 0. The largest absolute Gasteiger partial charge is 0.394 e. The molecular formula is C24H43NO13. The molecule has 38 heavy (non-hydrogen) atoms. The Morgan fingerprint density at radius 2 is 1.55 bits per heavy atom. The molecule has 0 aromatic heterocycles. The van der Waals surface area contributed by atoms with Crippen molar-refractivity contribution >= 4 is 5.91 Å². The van der Waals surface area contributed by atoms with Gasteiger partial charge in [-0.25, -0.2) is 0 Å². The lowest BCUT2D eigenvalue weighted by Gasteiger charge is -2.46. The van der Waals surface area contributed by atoms with E-state index >= 15 is 0 Å². The molecule has 9 N–H and O–H groups in total. The van der Waals surface area contributed by atoms with Gasteiger partial charge < -0.3 is 65.1 Å². The van der Waals surface area contributed by atoms with E-state index in [1.54, 1.807) is 6.08 Å². The van der Waals surface area contributed by atoms with Crippen molar-refractivity contribution in [1.82, 2.24) is 5.32 Å². The highest BCUT2D eigenvalue weighted by atomic mass is 16.7. The SMILES string of the molecule is CCCCC/C=C/C(O)C(COC1OC(CO)C(OC2OC(CO)C(O)C(O)C2O)C(O)C1O)NC(C)=O. The number of hydrogen-bond acceptors (Lipinski definition) is 13. The van der Waals surface area contributed by atoms with E-state index in [1.165, 1.54) is 13.0 Å². The fourth-order valence-corrected chi connectivity index (χ4v) is 4.26. The average Bonchev–Trinajstić information content (AvgIpc) is 2.89. The van der Waals surface area contributed by atoms with E-state index in [-0.39, 0.29) is 6.61 Å². The van der Waals surface area contributed by atoms with Gasteiger partial charge in [-0.3, -0.25) is 4.79 Å². The maximum atomic E-state index is 11.6. The third-order valence-electron chi connectivity index (χ3n) is 6.51. The van der Waals surface area contributed by atoms with Crippen molar-refractivity contribution < 1.29 is 64.6 Å². The summed E-state index contributed by atoms with van der Waals surface area (Å²) in [5.74, 6) is -0.427. The minimum absolute atomic E-state index is 0.315. The fourth-order valence-electron chi connectivity index (χ4n) is 4.26. The lowest BCUT2D eigenvalue weighted by atomic mass is 9.97. The first kappa shape index (κ1) is 32.9. The van der Waals surface area contributed by atoms with Crippen LogP contribution in [0.15, 0.2) is 12.2 Å². The topological polar surface area (TPSA) is 228 Å². The second-order valence-electron chi connectivity index (χ2n) is 9.56. The molecule has 2 aliphatic rings. The molecule has 2 rings (SSSR count). The summed E-state index contributed by atoms with van der Waals surface area (Å²) < 4.78 is 21.9. The van der Waals surface area contributed by atoms with Crippen molar-refractivity contribution in [3.05, 3.63) is 12.2 Å². The Morgan fingerprint density at radius 3 is 2.16 bits per heavy atom. The number of aliphatic hydroxyl groups is 8. The van der Waals surface area contributed by atoms with Gasteiger partial charge in [0.25, 0.3) is 0 Å². The molecule has 0 aromatic carbocycles. The molecule has 1 amide bonds. The van der Waals surface area contributed by atoms with Crippen LogP contribution < -0.4 is 5.32 Å². The monoisotopic (exact) mass is 553 g/mol. The van der Waals surface area contributed by atoms with Gasteiger partial charge in [0.1, 0.15) is 48.8 Å². The number of carbonyl (C=O) groups excluding carboxylic acids is 1. The molecule has 0 spiro atoms. The van der Waals surface area contributed by atoms with Gasteiger partial charge in [0.2, 0.25) is 5.91 Å². The fraction of sp³-hybridized carbons (Fsp3) is 0.875. The van der Waals surface area contributed by atoms with Gasteiger partial charge in [-0.15, -0.1) is 0 Å². The lowest BCUT2D eigenvalue weighted by molar-refractivity contribution is -0.359. The number of carbonyl (C=O) groups is 1. The number of hydrogen-bond donors (Lipinski definition) is 9. The lowest BCUT2D eigenvalue weighted by Crippen LogP contribution is -2.65. The molecule has 0 aliphatic carbocycles. The van der Waals surface area contributed by atoms with E-state index in [4.69, 9.17) is 18.9 Å². The van der Waals surface area contributed by atoms with Gasteiger partial charge in [-0.1, -0.05) is 31.9 Å². The maximum Gasteiger partial charge on any atom is 0.217 e. The third kappa shape index (κ3) is 8.87. The minimum Gasteiger partial charge on any atom is -0.394 e. The average molecular weight is 554 g/mol. The first-order chi connectivity index (χ1) is 18.0. The van der Waals surface area contributed by atoms with Crippen molar-refractivity contribution in [2.75, 3.05) is 19.8 Å². The standard InChI is InChI=1S/C24H43NO13/c1-3-4-5-6-7-8-14(29)13(25-12(2)28)11-35-23-21(34)19(32)22(16(10-27)37-23)38-24-20(33)18(31)17(30)15(9-26)36-24/h7-8,13-24,26-27,29-34H,3-6,9-11H2,1-2H3,(H,25,28)/b8-7+. The van der Waals surface area contributed by atoms with E-state index in [9.17, 15) is 45.6 Å². The molecule has 14 heteroatoms. The Morgan fingerprint density at radius 1 is 0.921 bits per heavy atom. The summed E-state index contributed by atoms with van der Waals surface area (Å²) in [5, 5.41) is 83.6. The van der Waals surface area contributed by atoms with Crippen molar-refractivity contribution in [2.45, 2.75) is 113 Å². The van der Waals surface area contributed by atoms with Gasteiger partial charge in [0.05, 0.1) is 32.0 Å². The van der Waals surface area contributed by atoms with Crippen LogP contribution in [0.4, 0.5) is 0 Å². The summed E-state index contributed by atoms with van der Waals surface area (Å²) in [7, 11) is 0. The second kappa shape index (κ2) is 16.1. The van der Waals surface area contributed by atoms with E-state index in [2.05, 4.69) is 12.2 Å². The third-order valence-corrected chi connectivity index (χ3v) is 6.51. The van der Waals surface area contributed by atoms with Crippen molar-refractivity contribution in [3.8, 4) is 0 Å². The highest BCUT2D eigenvalue weighted by Crippen LogP contribution is 2.29. The molecule has 0 saturated carbocycles. The van der Waals surface area contributed by atoms with Gasteiger partial charge in [0.15, 0.2) is 12.6 Å². The number of amides is 1. The zero-order valence-corrected chi connectivity index (χ0v) is 21.7. The van der Waals surface area contributed by atoms with Crippen LogP contribution in [0.1, 0.15) is 39.5 Å². The van der Waals surface area contributed by atoms with Crippen LogP contribution in [0, 0.1) is 0 Å². The number of unbranched alkanes of at least 4 members (excludes halogenated alkanes) is 3. The summed E-state index contributed by atoms with van der Waals surface area (Å²) in [6.45, 7) is 1.61. The van der Waals surface area contributed by atoms with Crippen LogP contribution in [-0.2, 0) is 23.7 Å². The minimum atomic E-state index is -1.78. The maximum absolute atomic E-state index is 11.6. The van der Waals surface area contributed by atoms with Crippen LogP contribution in [0.3, 0.4) is 0 Å². The summed E-state index contributed by atoms with van der Waals surface area (Å²) in [6.07, 6.45) is -9.75. The number of rotatable bonds is 14. The molecule has 12 atom stereocenters. The zero-order chi connectivity index (χ0) is 28.4. The van der Waals surface area contributed by atoms with Gasteiger partial charge >= 0.3 is 0 Å². The van der Waals surface area contributed by atoms with Crippen LogP contribution >= 0.6 is 0 Å². The quantitative estimate of drug-likeness (QED) is 0.0757. The predicted molar refractivity (Wildman–Crippen MR) is 129 cm³/mol. The van der Waals surface area contributed by atoms with Crippen LogP contribution in [0.2, 0.25) is 0 Å². The van der Waals surface area contributed by atoms with Gasteiger partial charge in [0, 0.05) is 6.92 Å². The number of aliphatic hydroxyl groups excluding tert-OH is 8. The summed E-state index contributed by atoms with van der Waals surface area (Å²) in [6, 6.07) is -0.904. The molecule has 2 heterocycles. The normalized spacial score (nSPS) is 37.7. The Kier molecular flexibility index (Phi) is 14.0. The van der Waals surface area contributed by atoms with E-state index < -0.39 is 92.7 Å². The highest BCUT2D eigenvalue weighted by molar-refractivity contribution is 5.73. The molecule has 2 saturated heterocycles.